The van der Waals surface area contributed by atoms with E-state index in [9.17, 15) is 39.6 Å². The molecule has 0 bridgehead atoms. The second-order valence-corrected chi connectivity index (χ2v) is 8.42. The van der Waals surface area contributed by atoms with Crippen LogP contribution in [0.15, 0.2) is 18.3 Å². The third kappa shape index (κ3) is 6.04. The average Bonchev–Trinajstić information content (AvgIpc) is 3.38. The van der Waals surface area contributed by atoms with E-state index >= 15 is 0 Å². The van der Waals surface area contributed by atoms with Crippen molar-refractivity contribution in [2.75, 3.05) is 5.32 Å². The predicted octanol–water partition coefficient (Wildman–Crippen LogP) is 4.23. The number of carbonyl (C=O) groups excluding carboxylic acids is 1. The minimum atomic E-state index is -5.62. The van der Waals surface area contributed by atoms with Crippen LogP contribution < -0.4 is 9.50 Å². The summed E-state index contributed by atoms with van der Waals surface area (Å²) in [4.78, 5) is 13.7. The number of alkyl halides is 6. The lowest BCUT2D eigenvalue weighted by molar-refractivity contribution is -0.141. The molecule has 1 fully saturated rings. The van der Waals surface area contributed by atoms with Gasteiger partial charge >= 0.3 is 21.8 Å². The molecule has 3 rings (SSSR count). The largest absolute Gasteiger partial charge is 0.534 e. The van der Waals surface area contributed by atoms with Crippen LogP contribution in [0.3, 0.4) is 0 Å². The van der Waals surface area contributed by atoms with E-state index in [1.807, 2.05) is 0 Å². The van der Waals surface area contributed by atoms with Crippen LogP contribution in [-0.4, -0.2) is 29.7 Å². The first kappa shape index (κ1) is 23.9. The van der Waals surface area contributed by atoms with Gasteiger partial charge in [0.15, 0.2) is 0 Å². The van der Waals surface area contributed by atoms with Crippen molar-refractivity contribution < 1.29 is 43.7 Å². The molecular formula is C15H13F6N3O4S2. The van der Waals surface area contributed by atoms with Crippen molar-refractivity contribution >= 4 is 33.7 Å². The quantitative estimate of drug-likeness (QED) is 0.300. The molecule has 0 radical (unpaired) electrons. The molecular weight excluding hydrogens is 464 g/mol. The van der Waals surface area contributed by atoms with Crippen molar-refractivity contribution in [3.63, 3.8) is 0 Å². The van der Waals surface area contributed by atoms with Crippen molar-refractivity contribution in [3.05, 3.63) is 34.5 Å². The van der Waals surface area contributed by atoms with Crippen LogP contribution in [0.4, 0.5) is 32.0 Å². The Bertz CT molecular complexity index is 1000. The number of nitrogens with one attached hydrogen (secondary N) is 1. The number of hydrogen-bond donors (Lipinski definition) is 1. The third-order valence-electron chi connectivity index (χ3n) is 3.61. The van der Waals surface area contributed by atoms with Gasteiger partial charge in [0, 0.05) is 22.3 Å². The molecule has 1 saturated carbocycles. The Kier molecular flexibility index (Phi) is 6.96. The van der Waals surface area contributed by atoms with Crippen molar-refractivity contribution in [2.24, 2.45) is 0 Å². The van der Waals surface area contributed by atoms with Crippen LogP contribution in [0.25, 0.3) is 0 Å². The number of halogens is 6. The van der Waals surface area contributed by atoms with E-state index in [0.29, 0.717) is 16.9 Å². The Morgan fingerprint density at radius 1 is 1.23 bits per heavy atom. The van der Waals surface area contributed by atoms with Gasteiger partial charge in [-0.2, -0.15) is 39.1 Å². The smallest absolute Gasteiger partial charge is 0.354 e. The van der Waals surface area contributed by atoms with E-state index < -0.39 is 33.4 Å². The van der Waals surface area contributed by atoms with E-state index in [1.165, 1.54) is 6.07 Å². The maximum absolute atomic E-state index is 12.1. The summed E-state index contributed by atoms with van der Waals surface area (Å²) in [7, 11) is -5.62. The first-order valence-corrected chi connectivity index (χ1v) is 10.1. The Labute approximate surface area is 170 Å². The first-order chi connectivity index (χ1) is 13.8. The van der Waals surface area contributed by atoms with Crippen molar-refractivity contribution in [3.8, 4) is 5.88 Å². The standard InChI is InChI=1S/C8H8F3NO3S2.C7H5F3N2O/c1-4-6(5-2-3-5)7(12-16-4)15-17(13,14)8(9,10)11;8-7(9,10)6-3-5(12-4-13)1-2-11-6/h5H,2-3H2,1H3;1-4H,(H,11,12,13). The molecule has 2 aromatic heterocycles. The van der Waals surface area contributed by atoms with Gasteiger partial charge in [0.1, 0.15) is 5.69 Å². The molecule has 0 aromatic carbocycles. The Morgan fingerprint density at radius 2 is 1.87 bits per heavy atom. The third-order valence-corrected chi connectivity index (χ3v) is 5.30. The molecule has 166 valence electrons. The van der Waals surface area contributed by atoms with Crippen LogP contribution in [0.5, 0.6) is 5.88 Å². The van der Waals surface area contributed by atoms with Gasteiger partial charge in [-0.25, -0.2) is 0 Å². The molecule has 0 atom stereocenters. The van der Waals surface area contributed by atoms with Crippen molar-refractivity contribution in [1.82, 2.24) is 9.36 Å². The summed E-state index contributed by atoms with van der Waals surface area (Å²) in [6.07, 6.45) is -1.56. The van der Waals surface area contributed by atoms with E-state index in [2.05, 4.69) is 18.9 Å². The number of aromatic nitrogens is 2. The molecule has 0 spiro atoms. The average molecular weight is 477 g/mol. The number of nitrogens with zero attached hydrogens (tertiary/aromatic N) is 2. The normalized spacial score (nSPS) is 14.5. The second kappa shape index (κ2) is 8.75. The zero-order valence-corrected chi connectivity index (χ0v) is 16.5. The minimum Gasteiger partial charge on any atom is -0.354 e. The summed E-state index contributed by atoms with van der Waals surface area (Å²) in [6.45, 7) is 1.68. The first-order valence-electron chi connectivity index (χ1n) is 7.96. The minimum absolute atomic E-state index is 0.0670. The lowest BCUT2D eigenvalue weighted by Crippen LogP contribution is -2.28. The van der Waals surface area contributed by atoms with E-state index in [1.54, 1.807) is 6.92 Å². The molecule has 2 aromatic rings. The van der Waals surface area contributed by atoms with Gasteiger partial charge in [-0.05, 0) is 49.3 Å². The Hall–Kier alpha value is -2.42. The van der Waals surface area contributed by atoms with Gasteiger partial charge in [0.2, 0.25) is 12.3 Å². The Balaban J connectivity index is 0.000000222. The fourth-order valence-electron chi connectivity index (χ4n) is 2.15. The van der Waals surface area contributed by atoms with Gasteiger partial charge in [-0.3, -0.25) is 9.78 Å². The molecule has 2 heterocycles. The zero-order valence-electron chi connectivity index (χ0n) is 14.9. The fourth-order valence-corrected chi connectivity index (χ4v) is 3.33. The van der Waals surface area contributed by atoms with E-state index in [0.717, 1.165) is 36.6 Å². The summed E-state index contributed by atoms with van der Waals surface area (Å²) >= 11 is 0.944. The summed E-state index contributed by atoms with van der Waals surface area (Å²) in [5.74, 6) is -0.348. The maximum Gasteiger partial charge on any atom is 0.534 e. The molecule has 1 aliphatic rings. The van der Waals surface area contributed by atoms with Crippen LogP contribution in [0.2, 0.25) is 0 Å². The second-order valence-electron chi connectivity index (χ2n) is 5.90. The fraction of sp³-hybridized carbons (Fsp3) is 0.400. The summed E-state index contributed by atoms with van der Waals surface area (Å²) in [6, 6.07) is 2.03. The summed E-state index contributed by atoms with van der Waals surface area (Å²) in [5.41, 5.74) is -5.90. The molecule has 1 N–H and O–H groups in total. The van der Waals surface area contributed by atoms with Crippen molar-refractivity contribution in [1.29, 1.82) is 0 Å². The molecule has 15 heteroatoms. The molecule has 1 aliphatic carbocycles. The molecule has 30 heavy (non-hydrogen) atoms. The van der Waals surface area contributed by atoms with Crippen LogP contribution in [0, 0.1) is 6.92 Å². The topological polar surface area (TPSA) is 98.2 Å². The Morgan fingerprint density at radius 3 is 2.37 bits per heavy atom. The highest BCUT2D eigenvalue weighted by Gasteiger charge is 2.49. The predicted molar refractivity (Wildman–Crippen MR) is 93.4 cm³/mol. The molecule has 1 amide bonds. The van der Waals surface area contributed by atoms with Crippen LogP contribution in [0.1, 0.15) is 34.9 Å². The SMILES string of the molecule is Cc1snc(OS(=O)(=O)C(F)(F)F)c1C1CC1.O=CNc1ccnc(C(F)(F)F)c1. The number of rotatable bonds is 5. The van der Waals surface area contributed by atoms with E-state index in [4.69, 9.17) is 0 Å². The summed E-state index contributed by atoms with van der Waals surface area (Å²) in [5, 5.41) is 2.10. The van der Waals surface area contributed by atoms with Crippen LogP contribution in [-0.2, 0) is 21.1 Å². The highest BCUT2D eigenvalue weighted by Crippen LogP contribution is 2.47. The highest BCUT2D eigenvalue weighted by molar-refractivity contribution is 7.88. The molecule has 0 saturated heterocycles. The highest BCUT2D eigenvalue weighted by atomic mass is 32.2. The number of aryl methyl sites for hydroxylation is 1. The number of hydrogen-bond acceptors (Lipinski definition) is 7. The number of anilines is 1. The summed E-state index contributed by atoms with van der Waals surface area (Å²) < 4.78 is 102. The lowest BCUT2D eigenvalue weighted by Gasteiger charge is -2.08. The van der Waals surface area contributed by atoms with Gasteiger partial charge in [-0.1, -0.05) is 0 Å². The van der Waals surface area contributed by atoms with E-state index in [-0.39, 0.29) is 11.6 Å². The zero-order chi connectivity index (χ0) is 22.7. The van der Waals surface area contributed by atoms with Crippen LogP contribution >= 0.6 is 11.5 Å². The van der Waals surface area contributed by atoms with Gasteiger partial charge in [-0.15, -0.1) is 0 Å². The van der Waals surface area contributed by atoms with Gasteiger partial charge in [0.25, 0.3) is 0 Å². The number of amides is 1. The maximum atomic E-state index is 12.1. The van der Waals surface area contributed by atoms with Gasteiger partial charge < -0.3 is 9.50 Å². The molecule has 7 nitrogen and oxygen atoms in total. The lowest BCUT2D eigenvalue weighted by atomic mass is 10.2. The van der Waals surface area contributed by atoms with Crippen molar-refractivity contribution in [2.45, 2.75) is 37.4 Å². The molecule has 0 unspecified atom stereocenters. The van der Waals surface area contributed by atoms with Gasteiger partial charge in [0.05, 0.1) is 0 Å². The molecule has 0 aliphatic heterocycles. The monoisotopic (exact) mass is 477 g/mol. The number of carbonyl (C=O) groups is 1. The number of pyridine rings is 1.